The Hall–Kier alpha value is -2.09. The van der Waals surface area contributed by atoms with E-state index in [1.54, 1.807) is 6.20 Å². The van der Waals surface area contributed by atoms with Crippen molar-refractivity contribution in [3.8, 4) is 0 Å². The van der Waals surface area contributed by atoms with E-state index >= 15 is 0 Å². The minimum atomic E-state index is -2.61. The van der Waals surface area contributed by atoms with Gasteiger partial charge in [-0.3, -0.25) is 9.36 Å². The van der Waals surface area contributed by atoms with Crippen LogP contribution in [0.1, 0.15) is 31.7 Å². The minimum absolute atomic E-state index is 0.159. The molecule has 1 aliphatic carbocycles. The van der Waals surface area contributed by atoms with Gasteiger partial charge in [0, 0.05) is 39.2 Å². The number of fused-ring (bicyclic) bond motifs is 3. The molecule has 4 rings (SSSR count). The van der Waals surface area contributed by atoms with E-state index in [0.29, 0.717) is 23.1 Å². The number of alkyl halides is 2. The molecule has 0 unspecified atom stereocenters. The monoisotopic (exact) mass is 364 g/mol. The third kappa shape index (κ3) is 2.68. The molecule has 0 radical (unpaired) electrons. The minimum Gasteiger partial charge on any atom is -0.377 e. The Balaban J connectivity index is 1.85. The van der Waals surface area contributed by atoms with E-state index < -0.39 is 5.92 Å². The Bertz CT molecular complexity index is 1000. The van der Waals surface area contributed by atoms with Crippen molar-refractivity contribution in [1.29, 1.82) is 0 Å². The first-order chi connectivity index (χ1) is 11.9. The van der Waals surface area contributed by atoms with E-state index in [1.807, 2.05) is 25.1 Å². The molecule has 3 aromatic heterocycles. The highest BCUT2D eigenvalue weighted by molar-refractivity contribution is 7.25. The highest BCUT2D eigenvalue weighted by Gasteiger charge is 2.36. The van der Waals surface area contributed by atoms with E-state index in [4.69, 9.17) is 0 Å². The van der Waals surface area contributed by atoms with Crippen molar-refractivity contribution in [2.75, 3.05) is 19.0 Å². The van der Waals surface area contributed by atoms with E-state index in [2.05, 4.69) is 9.97 Å². The predicted octanol–water partition coefficient (Wildman–Crippen LogP) is 3.82. The van der Waals surface area contributed by atoms with Gasteiger partial charge >= 0.3 is 0 Å². The molecule has 0 spiro atoms. The van der Waals surface area contributed by atoms with Gasteiger partial charge in [0.1, 0.15) is 9.53 Å². The number of halogens is 2. The van der Waals surface area contributed by atoms with Crippen molar-refractivity contribution in [1.82, 2.24) is 14.5 Å². The highest BCUT2D eigenvalue weighted by atomic mass is 32.1. The van der Waals surface area contributed by atoms with Crippen molar-refractivity contribution in [3.63, 3.8) is 0 Å². The number of rotatable bonds is 2. The summed E-state index contributed by atoms with van der Waals surface area (Å²) in [6, 6.07) is 1.68. The van der Waals surface area contributed by atoms with Crippen molar-refractivity contribution in [3.05, 3.63) is 28.9 Å². The lowest BCUT2D eigenvalue weighted by molar-refractivity contribution is -0.0442. The zero-order chi connectivity index (χ0) is 17.8. The summed E-state index contributed by atoms with van der Waals surface area (Å²) in [4.78, 5) is 24.5. The Labute approximate surface area is 146 Å². The first kappa shape index (κ1) is 16.4. The van der Waals surface area contributed by atoms with Gasteiger partial charge in [0.05, 0.1) is 22.9 Å². The van der Waals surface area contributed by atoms with Crippen LogP contribution in [0.3, 0.4) is 0 Å². The van der Waals surface area contributed by atoms with Crippen LogP contribution in [-0.2, 0) is 0 Å². The average Bonchev–Trinajstić information content (AvgIpc) is 2.95. The molecule has 0 aromatic carbocycles. The van der Waals surface area contributed by atoms with Crippen LogP contribution in [0.4, 0.5) is 14.5 Å². The molecule has 3 heterocycles. The summed E-state index contributed by atoms with van der Waals surface area (Å²) in [6.45, 7) is 0. The topological polar surface area (TPSA) is 51.0 Å². The predicted molar refractivity (Wildman–Crippen MR) is 96.0 cm³/mol. The second-order valence-electron chi connectivity index (χ2n) is 6.73. The Morgan fingerprint density at radius 2 is 2.00 bits per heavy atom. The highest BCUT2D eigenvalue weighted by Crippen LogP contribution is 2.39. The summed E-state index contributed by atoms with van der Waals surface area (Å²) in [7, 11) is 3.86. The van der Waals surface area contributed by atoms with Gasteiger partial charge < -0.3 is 4.90 Å². The summed E-state index contributed by atoms with van der Waals surface area (Å²) in [5.74, 6) is -2.61. The molecule has 0 bridgehead atoms. The average molecular weight is 364 g/mol. The molecular formula is C17H18F2N4OS. The number of thiophene rings is 1. The van der Waals surface area contributed by atoms with Gasteiger partial charge in [0.2, 0.25) is 5.92 Å². The zero-order valence-corrected chi connectivity index (χ0v) is 14.8. The van der Waals surface area contributed by atoms with Crippen molar-refractivity contribution < 1.29 is 8.78 Å². The van der Waals surface area contributed by atoms with E-state index in [-0.39, 0.29) is 24.4 Å². The summed E-state index contributed by atoms with van der Waals surface area (Å²) in [5, 5.41) is 0.868. The largest absolute Gasteiger partial charge is 0.377 e. The maximum absolute atomic E-state index is 13.4. The van der Waals surface area contributed by atoms with Crippen LogP contribution in [-0.4, -0.2) is 34.6 Å². The fourth-order valence-corrected chi connectivity index (χ4v) is 4.54. The van der Waals surface area contributed by atoms with E-state index in [1.165, 1.54) is 22.2 Å². The molecule has 1 aliphatic rings. The van der Waals surface area contributed by atoms with Gasteiger partial charge in [-0.1, -0.05) is 0 Å². The molecule has 132 valence electrons. The maximum Gasteiger partial charge on any atom is 0.271 e. The zero-order valence-electron chi connectivity index (χ0n) is 14.0. The summed E-state index contributed by atoms with van der Waals surface area (Å²) in [5.41, 5.74) is 1.44. The fourth-order valence-electron chi connectivity index (χ4n) is 3.49. The maximum atomic E-state index is 13.4. The van der Waals surface area contributed by atoms with Gasteiger partial charge in [0.15, 0.2) is 0 Å². The van der Waals surface area contributed by atoms with Crippen LogP contribution in [0.15, 0.2) is 23.4 Å². The molecule has 0 amide bonds. The molecule has 0 aliphatic heterocycles. The van der Waals surface area contributed by atoms with Crippen LogP contribution in [0.2, 0.25) is 0 Å². The Morgan fingerprint density at radius 3 is 2.68 bits per heavy atom. The number of hydrogen-bond acceptors (Lipinski definition) is 5. The number of anilines is 1. The van der Waals surface area contributed by atoms with Crippen LogP contribution in [0.5, 0.6) is 0 Å². The molecule has 1 fully saturated rings. The van der Waals surface area contributed by atoms with Gasteiger partial charge in [-0.25, -0.2) is 18.7 Å². The third-order valence-corrected chi connectivity index (χ3v) is 5.92. The van der Waals surface area contributed by atoms with E-state index in [9.17, 15) is 13.6 Å². The molecular weight excluding hydrogens is 346 g/mol. The van der Waals surface area contributed by atoms with Gasteiger partial charge in [0.25, 0.3) is 5.56 Å². The fraction of sp³-hybridized carbons (Fsp3) is 0.471. The first-order valence-electron chi connectivity index (χ1n) is 8.21. The standard InChI is InChI=1S/C17H18F2N4OS/c1-22(2)11-5-8-20-15-12(11)13-14(25-15)16(24)23(9-21-13)10-3-6-17(18,19)7-4-10/h5,8-10H,3-4,6-7H2,1-2H3. The molecule has 5 nitrogen and oxygen atoms in total. The molecule has 25 heavy (non-hydrogen) atoms. The van der Waals surface area contributed by atoms with Crippen molar-refractivity contribution >= 4 is 37.5 Å². The summed E-state index contributed by atoms with van der Waals surface area (Å²) < 4.78 is 28.9. The normalized spacial score (nSPS) is 18.1. The number of aromatic nitrogens is 3. The van der Waals surface area contributed by atoms with Crippen molar-refractivity contribution in [2.24, 2.45) is 0 Å². The van der Waals surface area contributed by atoms with Gasteiger partial charge in [-0.2, -0.15) is 0 Å². The lowest BCUT2D eigenvalue weighted by atomic mass is 9.92. The molecule has 0 atom stereocenters. The van der Waals surface area contributed by atoms with Crippen molar-refractivity contribution in [2.45, 2.75) is 37.6 Å². The summed E-state index contributed by atoms with van der Waals surface area (Å²) in [6.07, 6.45) is 3.46. The molecule has 0 saturated heterocycles. The number of pyridine rings is 1. The first-order valence-corrected chi connectivity index (χ1v) is 9.02. The molecule has 1 saturated carbocycles. The second kappa shape index (κ2) is 5.72. The number of nitrogens with zero attached hydrogens (tertiary/aromatic N) is 4. The SMILES string of the molecule is CN(C)c1ccnc2sc3c(=O)n(C4CCC(F)(F)CC4)cnc3c12. The van der Waals surface area contributed by atoms with Gasteiger partial charge in [-0.05, 0) is 18.9 Å². The Morgan fingerprint density at radius 1 is 1.28 bits per heavy atom. The van der Waals surface area contributed by atoms with Crippen LogP contribution >= 0.6 is 11.3 Å². The second-order valence-corrected chi connectivity index (χ2v) is 7.73. The molecule has 3 aromatic rings. The van der Waals surface area contributed by atoms with Crippen LogP contribution < -0.4 is 10.5 Å². The smallest absolute Gasteiger partial charge is 0.271 e. The lowest BCUT2D eigenvalue weighted by Gasteiger charge is -2.29. The Kier molecular flexibility index (Phi) is 3.75. The summed E-state index contributed by atoms with van der Waals surface area (Å²) >= 11 is 1.32. The van der Waals surface area contributed by atoms with E-state index in [0.717, 1.165) is 15.9 Å². The quantitative estimate of drug-likeness (QED) is 0.694. The van der Waals surface area contributed by atoms with Gasteiger partial charge in [-0.15, -0.1) is 11.3 Å². The number of hydrogen-bond donors (Lipinski definition) is 0. The molecule has 8 heteroatoms. The van der Waals surface area contributed by atoms with Crippen LogP contribution in [0, 0.1) is 0 Å². The van der Waals surface area contributed by atoms with Crippen LogP contribution in [0.25, 0.3) is 20.4 Å². The molecule has 0 N–H and O–H groups in total. The lowest BCUT2D eigenvalue weighted by Crippen LogP contribution is -2.31. The third-order valence-electron chi connectivity index (χ3n) is 4.85.